The predicted octanol–water partition coefficient (Wildman–Crippen LogP) is 3.49. The summed E-state index contributed by atoms with van der Waals surface area (Å²) in [5.74, 6) is 0.299. The van der Waals surface area contributed by atoms with Crippen molar-refractivity contribution in [2.75, 3.05) is 11.9 Å². The lowest BCUT2D eigenvalue weighted by molar-refractivity contribution is 0.249. The van der Waals surface area contributed by atoms with Gasteiger partial charge in [-0.25, -0.2) is 4.79 Å². The van der Waals surface area contributed by atoms with Crippen LogP contribution in [0.5, 0.6) is 0 Å². The van der Waals surface area contributed by atoms with E-state index in [9.17, 15) is 4.79 Å². The second-order valence-corrected chi connectivity index (χ2v) is 5.70. The molecule has 0 spiro atoms. The van der Waals surface area contributed by atoms with Gasteiger partial charge in [0, 0.05) is 30.9 Å². The zero-order valence-electron chi connectivity index (χ0n) is 13.1. The molecule has 3 rings (SSSR count). The minimum Gasteiger partial charge on any atom is -0.338 e. The van der Waals surface area contributed by atoms with Crippen LogP contribution in [0.25, 0.3) is 10.8 Å². The van der Waals surface area contributed by atoms with Crippen molar-refractivity contribution < 1.29 is 4.79 Å². The highest BCUT2D eigenvalue weighted by molar-refractivity contribution is 6.01. The maximum atomic E-state index is 12.1. The first-order valence-corrected chi connectivity index (χ1v) is 7.72. The predicted molar refractivity (Wildman–Crippen MR) is 92.4 cm³/mol. The molecule has 1 unspecified atom stereocenters. The maximum absolute atomic E-state index is 12.1. The number of aromatic nitrogens is 2. The Bertz CT molecular complexity index is 777. The van der Waals surface area contributed by atoms with Gasteiger partial charge < -0.3 is 10.6 Å². The summed E-state index contributed by atoms with van der Waals surface area (Å²) >= 11 is 0. The summed E-state index contributed by atoms with van der Waals surface area (Å²) in [6.45, 7) is 3.46. The number of carbonyl (C=O) groups excluding carboxylic acids is 1. The molecule has 0 aliphatic heterocycles. The molecule has 5 nitrogen and oxygen atoms in total. The van der Waals surface area contributed by atoms with E-state index in [2.05, 4.69) is 22.7 Å². The van der Waals surface area contributed by atoms with Crippen molar-refractivity contribution >= 4 is 22.5 Å². The van der Waals surface area contributed by atoms with Crippen molar-refractivity contribution in [3.8, 4) is 0 Å². The van der Waals surface area contributed by atoms with Gasteiger partial charge in [-0.3, -0.25) is 4.68 Å². The van der Waals surface area contributed by atoms with Crippen molar-refractivity contribution in [1.29, 1.82) is 0 Å². The summed E-state index contributed by atoms with van der Waals surface area (Å²) in [6, 6.07) is 15.6. The molecule has 0 radical (unpaired) electrons. The summed E-state index contributed by atoms with van der Waals surface area (Å²) in [6.07, 6.45) is 3.68. The van der Waals surface area contributed by atoms with Crippen molar-refractivity contribution in [3.05, 3.63) is 60.9 Å². The fraction of sp³-hybridized carbons (Fsp3) is 0.222. The van der Waals surface area contributed by atoms with Gasteiger partial charge in [0.2, 0.25) is 0 Å². The van der Waals surface area contributed by atoms with Crippen LogP contribution in [-0.2, 0) is 6.54 Å². The van der Waals surface area contributed by atoms with E-state index in [-0.39, 0.29) is 6.03 Å². The second-order valence-electron chi connectivity index (χ2n) is 5.70. The second kappa shape index (κ2) is 6.96. The highest BCUT2D eigenvalue weighted by atomic mass is 16.2. The van der Waals surface area contributed by atoms with E-state index in [1.54, 1.807) is 6.20 Å². The lowest BCUT2D eigenvalue weighted by atomic mass is 10.1. The van der Waals surface area contributed by atoms with E-state index in [0.717, 1.165) is 23.0 Å². The molecule has 2 aromatic carbocycles. The first-order chi connectivity index (χ1) is 11.2. The number of urea groups is 1. The Labute approximate surface area is 135 Å². The first kappa shape index (κ1) is 15.1. The van der Waals surface area contributed by atoms with Gasteiger partial charge in [0.1, 0.15) is 0 Å². The molecule has 1 heterocycles. The molecule has 0 saturated heterocycles. The molecule has 118 valence electrons. The van der Waals surface area contributed by atoms with Gasteiger partial charge in [-0.05, 0) is 23.4 Å². The number of hydrogen-bond donors (Lipinski definition) is 2. The summed E-state index contributed by atoms with van der Waals surface area (Å²) in [5, 5.41) is 12.2. The van der Waals surface area contributed by atoms with Crippen LogP contribution in [0.3, 0.4) is 0 Å². The number of fused-ring (bicyclic) bond motifs is 1. The maximum Gasteiger partial charge on any atom is 0.319 e. The summed E-state index contributed by atoms with van der Waals surface area (Å²) < 4.78 is 1.87. The van der Waals surface area contributed by atoms with Crippen LogP contribution >= 0.6 is 0 Å². The third kappa shape index (κ3) is 3.88. The highest BCUT2D eigenvalue weighted by Crippen LogP contribution is 2.22. The minimum atomic E-state index is -0.186. The fourth-order valence-corrected chi connectivity index (χ4v) is 2.56. The molecule has 5 heteroatoms. The standard InChI is InChI=1S/C18H20N4O/c1-14(13-22-11-5-10-20-22)12-19-18(23)21-17-9-4-7-15-6-2-3-8-16(15)17/h2-11,14H,12-13H2,1H3,(H2,19,21,23). The Kier molecular flexibility index (Phi) is 4.57. The largest absolute Gasteiger partial charge is 0.338 e. The molecule has 1 aromatic heterocycles. The number of nitrogens with zero attached hydrogens (tertiary/aromatic N) is 2. The van der Waals surface area contributed by atoms with Gasteiger partial charge in [0.05, 0.1) is 5.69 Å². The Morgan fingerprint density at radius 1 is 1.17 bits per heavy atom. The monoisotopic (exact) mass is 308 g/mol. The van der Waals surface area contributed by atoms with E-state index < -0.39 is 0 Å². The van der Waals surface area contributed by atoms with Crippen LogP contribution in [0.15, 0.2) is 60.9 Å². The first-order valence-electron chi connectivity index (χ1n) is 7.72. The van der Waals surface area contributed by atoms with Crippen LogP contribution in [-0.4, -0.2) is 22.4 Å². The van der Waals surface area contributed by atoms with Gasteiger partial charge in [-0.15, -0.1) is 0 Å². The number of nitrogens with one attached hydrogen (secondary N) is 2. The molecule has 3 aromatic rings. The van der Waals surface area contributed by atoms with Gasteiger partial charge >= 0.3 is 6.03 Å². The third-order valence-corrected chi connectivity index (χ3v) is 3.71. The Hall–Kier alpha value is -2.82. The quantitative estimate of drug-likeness (QED) is 0.758. The molecule has 23 heavy (non-hydrogen) atoms. The van der Waals surface area contributed by atoms with E-state index >= 15 is 0 Å². The molecular formula is C18H20N4O. The smallest absolute Gasteiger partial charge is 0.319 e. The number of rotatable bonds is 5. The molecule has 2 N–H and O–H groups in total. The van der Waals surface area contributed by atoms with E-state index in [1.807, 2.05) is 59.4 Å². The van der Waals surface area contributed by atoms with E-state index in [0.29, 0.717) is 12.5 Å². The Balaban J connectivity index is 1.56. The average molecular weight is 308 g/mol. The molecule has 2 amide bonds. The van der Waals surface area contributed by atoms with E-state index in [1.165, 1.54) is 0 Å². The molecule has 0 saturated carbocycles. The summed E-state index contributed by atoms with van der Waals surface area (Å²) in [5.41, 5.74) is 0.820. The zero-order valence-corrected chi connectivity index (χ0v) is 13.1. The third-order valence-electron chi connectivity index (χ3n) is 3.71. The van der Waals surface area contributed by atoms with Crippen LogP contribution in [0.4, 0.5) is 10.5 Å². The molecule has 0 aliphatic rings. The highest BCUT2D eigenvalue weighted by Gasteiger charge is 2.08. The van der Waals surface area contributed by atoms with Crippen LogP contribution < -0.4 is 10.6 Å². The van der Waals surface area contributed by atoms with E-state index in [4.69, 9.17) is 0 Å². The van der Waals surface area contributed by atoms with Gasteiger partial charge in [-0.2, -0.15) is 5.10 Å². The summed E-state index contributed by atoms with van der Waals surface area (Å²) in [7, 11) is 0. The Morgan fingerprint density at radius 2 is 2.00 bits per heavy atom. The van der Waals surface area contributed by atoms with Gasteiger partial charge in [0.25, 0.3) is 0 Å². The van der Waals surface area contributed by atoms with Gasteiger partial charge in [0.15, 0.2) is 0 Å². The number of anilines is 1. The lowest BCUT2D eigenvalue weighted by Gasteiger charge is -2.14. The average Bonchev–Trinajstić information content (AvgIpc) is 3.06. The lowest BCUT2D eigenvalue weighted by Crippen LogP contribution is -2.33. The number of hydrogen-bond acceptors (Lipinski definition) is 2. The van der Waals surface area contributed by atoms with Crippen LogP contribution in [0.1, 0.15) is 6.92 Å². The van der Waals surface area contributed by atoms with Crippen molar-refractivity contribution in [2.45, 2.75) is 13.5 Å². The van der Waals surface area contributed by atoms with Crippen LogP contribution in [0.2, 0.25) is 0 Å². The Morgan fingerprint density at radius 3 is 2.83 bits per heavy atom. The molecule has 0 aliphatic carbocycles. The molecular weight excluding hydrogens is 288 g/mol. The van der Waals surface area contributed by atoms with Crippen molar-refractivity contribution in [3.63, 3.8) is 0 Å². The number of amides is 2. The molecule has 0 fully saturated rings. The number of benzene rings is 2. The normalized spacial score (nSPS) is 12.0. The molecule has 1 atom stereocenters. The fourth-order valence-electron chi connectivity index (χ4n) is 2.56. The van der Waals surface area contributed by atoms with Crippen molar-refractivity contribution in [1.82, 2.24) is 15.1 Å². The number of carbonyl (C=O) groups is 1. The topological polar surface area (TPSA) is 59.0 Å². The summed E-state index contributed by atoms with van der Waals surface area (Å²) in [4.78, 5) is 12.1. The minimum absolute atomic E-state index is 0.186. The molecule has 0 bridgehead atoms. The van der Waals surface area contributed by atoms with Gasteiger partial charge in [-0.1, -0.05) is 43.3 Å². The SMILES string of the molecule is CC(CNC(=O)Nc1cccc2ccccc12)Cn1cccn1. The van der Waals surface area contributed by atoms with Crippen molar-refractivity contribution in [2.24, 2.45) is 5.92 Å². The van der Waals surface area contributed by atoms with Crippen LogP contribution in [0, 0.1) is 5.92 Å². The zero-order chi connectivity index (χ0) is 16.1.